The topological polar surface area (TPSA) is 165 Å². The van der Waals surface area contributed by atoms with Gasteiger partial charge in [-0.2, -0.15) is 0 Å². The van der Waals surface area contributed by atoms with Crippen LogP contribution in [0.3, 0.4) is 0 Å². The number of aromatic hydroxyl groups is 1. The van der Waals surface area contributed by atoms with Gasteiger partial charge in [-0.25, -0.2) is 13.2 Å². The van der Waals surface area contributed by atoms with Gasteiger partial charge in [0.15, 0.2) is 28.8 Å². The van der Waals surface area contributed by atoms with Crippen molar-refractivity contribution in [1.82, 2.24) is 4.90 Å². The van der Waals surface area contributed by atoms with E-state index in [-0.39, 0.29) is 54.6 Å². The second-order valence-corrected chi connectivity index (χ2v) is 12.3. The molecular weight excluding hydrogens is 595 g/mol. The molecule has 4 atom stereocenters. The molecule has 0 heterocycles. The maximum atomic E-state index is 14.1. The maximum Gasteiger partial charge on any atom is 0.255 e. The van der Waals surface area contributed by atoms with Crippen molar-refractivity contribution < 1.29 is 48.0 Å². The van der Waals surface area contributed by atoms with Crippen molar-refractivity contribution in [3.05, 3.63) is 74.8 Å². The Labute approximate surface area is 256 Å². The molecule has 240 valence electrons. The van der Waals surface area contributed by atoms with Gasteiger partial charge in [0.1, 0.15) is 22.8 Å². The lowest BCUT2D eigenvalue weighted by Crippen LogP contribution is -2.65. The number of phenolic OH excluding ortho intramolecular Hbond substituents is 1. The summed E-state index contributed by atoms with van der Waals surface area (Å²) < 4.78 is 40.8. The Morgan fingerprint density at radius 2 is 1.64 bits per heavy atom. The first-order valence-electron chi connectivity index (χ1n) is 14.3. The molecule has 0 saturated heterocycles. The van der Waals surface area contributed by atoms with Crippen molar-refractivity contribution >= 4 is 28.9 Å². The second-order valence-electron chi connectivity index (χ2n) is 12.3. The normalized spacial score (nSPS) is 24.5. The number of hydrogen-bond acceptors (Lipinski definition) is 9. The molecule has 1 amide bonds. The van der Waals surface area contributed by atoms with Gasteiger partial charge < -0.3 is 31.1 Å². The molecule has 0 spiro atoms. The first-order chi connectivity index (χ1) is 21.0. The van der Waals surface area contributed by atoms with Gasteiger partial charge in [-0.1, -0.05) is 0 Å². The van der Waals surface area contributed by atoms with Crippen molar-refractivity contribution in [1.29, 1.82) is 0 Å². The average molecular weight is 630 g/mol. The summed E-state index contributed by atoms with van der Waals surface area (Å²) >= 11 is 0. The molecule has 45 heavy (non-hydrogen) atoms. The van der Waals surface area contributed by atoms with Crippen molar-refractivity contribution in [2.45, 2.75) is 43.7 Å². The number of likely N-dealkylation sites (N-methyl/N-ethyl adjacent to an activating group) is 1. The van der Waals surface area contributed by atoms with Crippen LogP contribution < -0.4 is 10.6 Å². The Balaban J connectivity index is 1.59. The quantitative estimate of drug-likeness (QED) is 0.229. The van der Waals surface area contributed by atoms with Crippen LogP contribution in [0.25, 0.3) is 5.76 Å². The van der Waals surface area contributed by atoms with E-state index in [9.17, 15) is 48.0 Å². The van der Waals surface area contributed by atoms with E-state index in [0.29, 0.717) is 16.8 Å². The summed E-state index contributed by atoms with van der Waals surface area (Å²) in [6.07, 6.45) is 0.683. The predicted octanol–water partition coefficient (Wildman–Crippen LogP) is 2.62. The molecule has 10 nitrogen and oxygen atoms in total. The van der Waals surface area contributed by atoms with E-state index in [1.54, 1.807) is 25.1 Å². The van der Waals surface area contributed by atoms with Crippen LogP contribution in [0.4, 0.5) is 18.9 Å². The molecule has 3 aliphatic rings. The smallest absolute Gasteiger partial charge is 0.255 e. The number of Topliss-reactive ketones (excluding diaryl/α,β-unsaturated/α-hetero) is 2. The zero-order valence-corrected chi connectivity index (χ0v) is 25.1. The van der Waals surface area contributed by atoms with Crippen LogP contribution in [0, 0.1) is 29.3 Å². The third kappa shape index (κ3) is 4.85. The van der Waals surface area contributed by atoms with Gasteiger partial charge in [0.05, 0.1) is 11.6 Å². The number of ketones is 2. The number of amides is 1. The summed E-state index contributed by atoms with van der Waals surface area (Å²) in [5.74, 6) is -11.5. The molecule has 1 fully saturated rings. The lowest BCUT2D eigenvalue weighted by molar-refractivity contribution is -0.153. The number of nitrogens with zero attached hydrogens (tertiary/aromatic N) is 2. The third-order valence-electron chi connectivity index (χ3n) is 9.21. The van der Waals surface area contributed by atoms with E-state index in [2.05, 4.69) is 0 Å². The first kappa shape index (κ1) is 32.0. The molecule has 1 saturated carbocycles. The van der Waals surface area contributed by atoms with Gasteiger partial charge >= 0.3 is 0 Å². The van der Waals surface area contributed by atoms with Gasteiger partial charge in [-0.05, 0) is 87.0 Å². The third-order valence-corrected chi connectivity index (χ3v) is 9.21. The lowest BCUT2D eigenvalue weighted by atomic mass is 9.57. The number of halogens is 3. The van der Waals surface area contributed by atoms with Crippen molar-refractivity contribution in [2.75, 3.05) is 33.1 Å². The number of aryl methyl sites for hydroxylation is 2. The Hall–Kier alpha value is -4.36. The number of rotatable bonds is 7. The largest absolute Gasteiger partial charge is 0.508 e. The van der Waals surface area contributed by atoms with Crippen LogP contribution in [0.2, 0.25) is 0 Å². The predicted molar refractivity (Wildman–Crippen MR) is 157 cm³/mol. The van der Waals surface area contributed by atoms with Crippen LogP contribution in [0.5, 0.6) is 5.75 Å². The Morgan fingerprint density at radius 3 is 2.20 bits per heavy atom. The number of aliphatic hydroxyl groups excluding tert-OH is 2. The number of benzene rings is 2. The van der Waals surface area contributed by atoms with Crippen LogP contribution in [-0.4, -0.2) is 82.6 Å². The van der Waals surface area contributed by atoms with Crippen LogP contribution >= 0.6 is 0 Å². The average Bonchev–Trinajstić information content (AvgIpc) is 2.94. The highest BCUT2D eigenvalue weighted by Gasteiger charge is 2.64. The van der Waals surface area contributed by atoms with Gasteiger partial charge in [0.25, 0.3) is 5.91 Å². The number of phenols is 1. The van der Waals surface area contributed by atoms with E-state index in [4.69, 9.17) is 5.73 Å². The number of primary amides is 1. The Morgan fingerprint density at radius 1 is 1.02 bits per heavy atom. The number of hydrogen-bond donors (Lipinski definition) is 5. The van der Waals surface area contributed by atoms with Gasteiger partial charge in [-0.15, -0.1) is 0 Å². The Kier molecular flexibility index (Phi) is 7.99. The lowest BCUT2D eigenvalue weighted by Gasteiger charge is -2.50. The SMILES string of the molecule is CN(C)c1cc(CCCc2cc(F)c(F)c(F)c2)c(O)c2c1C[C@@H]1C[C@@H]3C(N(C)C)C(=O)C(C(N)=O)=C(O)[C@]3(O)C(=O)C1=C2O. The summed E-state index contributed by atoms with van der Waals surface area (Å²) in [6.45, 7) is 0. The molecule has 0 radical (unpaired) electrons. The Bertz CT molecular complexity index is 1690. The standard InChI is InChI=1S/C32H34F3N3O7/c1-37(2)20-12-14(7-5-6-13-8-18(33)24(35)19(34)9-13)26(39)22-16(20)10-15-11-17-25(38(3)4)28(41)23(31(36)44)30(43)32(17,45)29(42)21(15)27(22)40/h8-9,12,15,17,25,39-40,43,45H,5-7,10-11H2,1-4H3,(H2,36,44)/t15-,17-,25?,32-/m1/s1. The van der Waals surface area contributed by atoms with E-state index in [0.717, 1.165) is 12.1 Å². The van der Waals surface area contributed by atoms with Crippen molar-refractivity contribution in [3.63, 3.8) is 0 Å². The van der Waals surface area contributed by atoms with E-state index >= 15 is 0 Å². The zero-order valence-electron chi connectivity index (χ0n) is 25.1. The van der Waals surface area contributed by atoms with Crippen molar-refractivity contribution in [3.8, 4) is 5.75 Å². The molecule has 5 rings (SSSR count). The zero-order chi connectivity index (χ0) is 33.3. The number of nitrogens with two attached hydrogens (primary N) is 1. The van der Waals surface area contributed by atoms with Crippen LogP contribution in [-0.2, 0) is 33.6 Å². The molecular formula is C32H34F3N3O7. The highest BCUT2D eigenvalue weighted by Crippen LogP contribution is 2.54. The fourth-order valence-electron chi connectivity index (χ4n) is 7.17. The van der Waals surface area contributed by atoms with Crippen LogP contribution in [0.1, 0.15) is 35.1 Å². The molecule has 0 aromatic heterocycles. The molecule has 6 N–H and O–H groups in total. The minimum Gasteiger partial charge on any atom is -0.508 e. The fraction of sp³-hybridized carbons (Fsp3) is 0.406. The van der Waals surface area contributed by atoms with E-state index in [1.807, 2.05) is 0 Å². The maximum absolute atomic E-state index is 14.1. The molecule has 3 aliphatic carbocycles. The van der Waals surface area contributed by atoms with Crippen LogP contribution in [0.15, 0.2) is 35.1 Å². The molecule has 1 unspecified atom stereocenters. The molecule has 2 aromatic rings. The van der Waals surface area contributed by atoms with E-state index < -0.39 is 75.5 Å². The molecule has 2 aromatic carbocycles. The number of anilines is 1. The number of fused-ring (bicyclic) bond motifs is 3. The fourth-order valence-corrected chi connectivity index (χ4v) is 7.17. The second kappa shape index (κ2) is 11.2. The van der Waals surface area contributed by atoms with Gasteiger partial charge in [-0.3, -0.25) is 19.3 Å². The van der Waals surface area contributed by atoms with Gasteiger partial charge in [0.2, 0.25) is 5.78 Å². The minimum atomic E-state index is -2.75. The number of carbonyl (C=O) groups is 3. The highest BCUT2D eigenvalue weighted by molar-refractivity contribution is 6.24. The molecule has 0 aliphatic heterocycles. The molecule has 0 bridgehead atoms. The van der Waals surface area contributed by atoms with Crippen molar-refractivity contribution in [2.24, 2.45) is 17.6 Å². The summed E-state index contributed by atoms with van der Waals surface area (Å²) in [7, 11) is 6.55. The minimum absolute atomic E-state index is 0.0358. The number of carbonyl (C=O) groups excluding carboxylic acids is 3. The first-order valence-corrected chi connectivity index (χ1v) is 14.3. The highest BCUT2D eigenvalue weighted by atomic mass is 19.2. The summed E-state index contributed by atoms with van der Waals surface area (Å²) in [5, 5.41) is 45.8. The molecule has 13 heteroatoms. The summed E-state index contributed by atoms with van der Waals surface area (Å²) in [5.41, 5.74) is 3.09. The number of aliphatic hydroxyl groups is 3. The monoisotopic (exact) mass is 629 g/mol. The van der Waals surface area contributed by atoms with Gasteiger partial charge in [0, 0.05) is 31.3 Å². The van der Waals surface area contributed by atoms with E-state index in [1.165, 1.54) is 19.0 Å². The summed E-state index contributed by atoms with van der Waals surface area (Å²) in [6, 6.07) is 2.31. The summed E-state index contributed by atoms with van der Waals surface area (Å²) in [4.78, 5) is 42.7.